The van der Waals surface area contributed by atoms with Crippen LogP contribution in [-0.2, 0) is 19.1 Å². The van der Waals surface area contributed by atoms with Crippen molar-refractivity contribution in [1.82, 2.24) is 4.90 Å². The van der Waals surface area contributed by atoms with Crippen molar-refractivity contribution in [1.29, 1.82) is 0 Å². The van der Waals surface area contributed by atoms with Crippen LogP contribution in [0.4, 0.5) is 0 Å². The zero-order valence-corrected chi connectivity index (χ0v) is 19.8. The second kappa shape index (κ2) is 18.3. The highest BCUT2D eigenvalue weighted by molar-refractivity contribution is 5.86. The molecular weight excluding hydrogens is 382 g/mol. The second-order valence-electron chi connectivity index (χ2n) is 8.47. The fourth-order valence-electron chi connectivity index (χ4n) is 3.71. The summed E-state index contributed by atoms with van der Waals surface area (Å²) in [6.07, 6.45) is 10.2. The smallest absolute Gasteiger partial charge is 0.327 e. The Morgan fingerprint density at radius 1 is 0.767 bits per heavy atom. The van der Waals surface area contributed by atoms with Crippen LogP contribution in [0.15, 0.2) is 0 Å². The molecule has 0 saturated carbocycles. The van der Waals surface area contributed by atoms with Crippen molar-refractivity contribution in [3.8, 4) is 0 Å². The van der Waals surface area contributed by atoms with Crippen LogP contribution in [0.25, 0.3) is 0 Å². The summed E-state index contributed by atoms with van der Waals surface area (Å²) in [5.41, 5.74) is 0. The number of rotatable bonds is 19. The molecule has 0 heterocycles. The van der Waals surface area contributed by atoms with Gasteiger partial charge >= 0.3 is 17.9 Å². The molecule has 0 spiro atoms. The fourth-order valence-corrected chi connectivity index (χ4v) is 3.71. The monoisotopic (exact) mass is 427 g/mol. The standard InChI is InChI=1S/C24H45NO5/c1-5-9-13-20(7-3)17-25(18-21(8-4)14-10-6-2)19-24(29)30-23(28)16-12-11-15-22(26)27/h20-21H,5-19H2,1-4H3,(H,26,27). The van der Waals surface area contributed by atoms with Crippen LogP contribution >= 0.6 is 0 Å². The van der Waals surface area contributed by atoms with E-state index in [1.807, 2.05) is 0 Å². The van der Waals surface area contributed by atoms with E-state index in [9.17, 15) is 14.4 Å². The first-order valence-corrected chi connectivity index (χ1v) is 12.0. The lowest BCUT2D eigenvalue weighted by Gasteiger charge is -2.29. The summed E-state index contributed by atoms with van der Waals surface area (Å²) >= 11 is 0. The molecule has 0 aromatic rings. The predicted molar refractivity (Wildman–Crippen MR) is 120 cm³/mol. The van der Waals surface area contributed by atoms with Crippen LogP contribution in [0.3, 0.4) is 0 Å². The van der Waals surface area contributed by atoms with Gasteiger partial charge in [-0.2, -0.15) is 0 Å². The Balaban J connectivity index is 4.75. The minimum atomic E-state index is -0.878. The summed E-state index contributed by atoms with van der Waals surface area (Å²) < 4.78 is 5.01. The lowest BCUT2D eigenvalue weighted by atomic mass is 9.95. The number of carbonyl (C=O) groups is 3. The molecular formula is C24H45NO5. The van der Waals surface area contributed by atoms with Crippen molar-refractivity contribution in [3.63, 3.8) is 0 Å². The lowest BCUT2D eigenvalue weighted by Crippen LogP contribution is -2.39. The number of ether oxygens (including phenoxy) is 1. The van der Waals surface area contributed by atoms with Crippen LogP contribution in [0.5, 0.6) is 0 Å². The molecule has 0 rings (SSSR count). The summed E-state index contributed by atoms with van der Waals surface area (Å²) in [7, 11) is 0. The number of hydrogen-bond donors (Lipinski definition) is 1. The summed E-state index contributed by atoms with van der Waals surface area (Å²) in [6.45, 7) is 10.7. The number of hydrogen-bond acceptors (Lipinski definition) is 5. The molecule has 0 bridgehead atoms. The lowest BCUT2D eigenvalue weighted by molar-refractivity contribution is -0.160. The highest BCUT2D eigenvalue weighted by Crippen LogP contribution is 2.19. The minimum Gasteiger partial charge on any atom is -0.481 e. The highest BCUT2D eigenvalue weighted by Gasteiger charge is 2.21. The fraction of sp³-hybridized carbons (Fsp3) is 0.875. The zero-order chi connectivity index (χ0) is 22.8. The van der Waals surface area contributed by atoms with Crippen LogP contribution < -0.4 is 0 Å². The molecule has 6 nitrogen and oxygen atoms in total. The van der Waals surface area contributed by atoms with Crippen molar-refractivity contribution in [2.24, 2.45) is 11.8 Å². The minimum absolute atomic E-state index is 0.0291. The van der Waals surface area contributed by atoms with Crippen molar-refractivity contribution >= 4 is 17.9 Å². The average molecular weight is 428 g/mol. The Kier molecular flexibility index (Phi) is 17.5. The van der Waals surface area contributed by atoms with Gasteiger partial charge < -0.3 is 9.84 Å². The van der Waals surface area contributed by atoms with Crippen LogP contribution in [-0.4, -0.2) is 47.5 Å². The number of aliphatic carboxylic acids is 1. The second-order valence-corrected chi connectivity index (χ2v) is 8.47. The van der Waals surface area contributed by atoms with Gasteiger partial charge in [0.1, 0.15) is 0 Å². The third-order valence-electron chi connectivity index (χ3n) is 5.72. The Labute approximate surface area is 183 Å². The Morgan fingerprint density at radius 3 is 1.70 bits per heavy atom. The largest absolute Gasteiger partial charge is 0.481 e. The number of carbonyl (C=O) groups excluding carboxylic acids is 2. The van der Waals surface area contributed by atoms with Crippen LogP contribution in [0.2, 0.25) is 0 Å². The molecule has 2 unspecified atom stereocenters. The first kappa shape index (κ1) is 28.6. The van der Waals surface area contributed by atoms with E-state index in [0.717, 1.165) is 38.8 Å². The number of carboxylic acids is 1. The van der Waals surface area contributed by atoms with Gasteiger partial charge in [0.15, 0.2) is 0 Å². The van der Waals surface area contributed by atoms with E-state index in [4.69, 9.17) is 9.84 Å². The van der Waals surface area contributed by atoms with Gasteiger partial charge in [-0.1, -0.05) is 66.2 Å². The number of carboxylic acid groups (broad SMARTS) is 1. The van der Waals surface area contributed by atoms with E-state index in [2.05, 4.69) is 32.6 Å². The molecule has 2 atom stereocenters. The quantitative estimate of drug-likeness (QED) is 0.168. The normalized spacial score (nSPS) is 13.2. The number of esters is 2. The molecule has 1 N–H and O–H groups in total. The molecule has 0 amide bonds. The Hall–Kier alpha value is -1.43. The van der Waals surface area contributed by atoms with E-state index >= 15 is 0 Å². The van der Waals surface area contributed by atoms with E-state index in [-0.39, 0.29) is 19.4 Å². The van der Waals surface area contributed by atoms with Gasteiger partial charge in [-0.05, 0) is 37.5 Å². The van der Waals surface area contributed by atoms with Crippen molar-refractivity contribution in [2.45, 2.75) is 105 Å². The average Bonchev–Trinajstić information content (AvgIpc) is 2.70. The van der Waals surface area contributed by atoms with Gasteiger partial charge in [-0.15, -0.1) is 0 Å². The van der Waals surface area contributed by atoms with Crippen LogP contribution in [0.1, 0.15) is 105 Å². The van der Waals surface area contributed by atoms with Crippen LogP contribution in [0, 0.1) is 11.8 Å². The van der Waals surface area contributed by atoms with E-state index in [1.165, 1.54) is 25.7 Å². The summed E-state index contributed by atoms with van der Waals surface area (Å²) in [6, 6.07) is 0. The SMILES string of the molecule is CCCCC(CC)CN(CC(=O)OC(=O)CCCCC(=O)O)CC(CC)CCCC. The molecule has 0 aliphatic carbocycles. The van der Waals surface area contributed by atoms with Gasteiger partial charge in [0, 0.05) is 25.9 Å². The molecule has 0 aromatic heterocycles. The molecule has 0 aromatic carbocycles. The summed E-state index contributed by atoms with van der Waals surface area (Å²) in [5.74, 6) is -0.825. The molecule has 6 heteroatoms. The third-order valence-corrected chi connectivity index (χ3v) is 5.72. The van der Waals surface area contributed by atoms with Gasteiger partial charge in [0.2, 0.25) is 0 Å². The molecule has 0 fully saturated rings. The topological polar surface area (TPSA) is 83.9 Å². The van der Waals surface area contributed by atoms with Crippen molar-refractivity contribution in [3.05, 3.63) is 0 Å². The van der Waals surface area contributed by atoms with Gasteiger partial charge in [-0.3, -0.25) is 19.3 Å². The first-order valence-electron chi connectivity index (χ1n) is 12.0. The van der Waals surface area contributed by atoms with Gasteiger partial charge in [-0.25, -0.2) is 0 Å². The molecule has 30 heavy (non-hydrogen) atoms. The number of nitrogens with zero attached hydrogens (tertiary/aromatic N) is 1. The van der Waals surface area contributed by atoms with Crippen molar-refractivity contribution < 1.29 is 24.2 Å². The molecule has 0 saturated heterocycles. The Morgan fingerprint density at radius 2 is 1.27 bits per heavy atom. The zero-order valence-electron chi connectivity index (χ0n) is 19.8. The predicted octanol–water partition coefficient (Wildman–Crippen LogP) is 5.44. The first-order chi connectivity index (χ1) is 14.4. The maximum Gasteiger partial charge on any atom is 0.327 e. The molecule has 0 aliphatic heterocycles. The maximum atomic E-state index is 12.4. The van der Waals surface area contributed by atoms with Gasteiger partial charge in [0.05, 0.1) is 6.54 Å². The Bertz CT molecular complexity index is 462. The highest BCUT2D eigenvalue weighted by atomic mass is 16.6. The van der Waals surface area contributed by atoms with Gasteiger partial charge in [0.25, 0.3) is 0 Å². The number of unbranched alkanes of at least 4 members (excludes halogenated alkanes) is 3. The van der Waals surface area contributed by atoms with E-state index in [0.29, 0.717) is 24.7 Å². The van der Waals surface area contributed by atoms with E-state index in [1.54, 1.807) is 0 Å². The molecule has 0 aliphatic rings. The van der Waals surface area contributed by atoms with Crippen molar-refractivity contribution in [2.75, 3.05) is 19.6 Å². The third kappa shape index (κ3) is 15.4. The molecule has 0 radical (unpaired) electrons. The molecule has 176 valence electrons. The summed E-state index contributed by atoms with van der Waals surface area (Å²) in [4.78, 5) is 37.0. The summed E-state index contributed by atoms with van der Waals surface area (Å²) in [5, 5.41) is 8.64. The maximum absolute atomic E-state index is 12.4. The van der Waals surface area contributed by atoms with E-state index < -0.39 is 17.9 Å².